The molecule has 1 N–H and O–H groups in total. The Bertz CT molecular complexity index is 1320. The summed E-state index contributed by atoms with van der Waals surface area (Å²) in [6, 6.07) is 30.4. The minimum absolute atomic E-state index is 0.0666. The monoisotopic (exact) mass is 582 g/mol. The minimum Gasteiger partial charge on any atom is -0.282 e. The van der Waals surface area contributed by atoms with Crippen LogP contribution in [0.25, 0.3) is 0 Å². The predicted molar refractivity (Wildman–Crippen MR) is 148 cm³/mol. The van der Waals surface area contributed by atoms with Gasteiger partial charge in [0.05, 0.1) is 4.90 Å². The number of methoxy groups -OCH3 is 3. The van der Waals surface area contributed by atoms with Crippen molar-refractivity contribution < 1.29 is 27.2 Å². The van der Waals surface area contributed by atoms with Crippen LogP contribution >= 0.6 is 0 Å². The summed E-state index contributed by atoms with van der Waals surface area (Å²) in [5.41, 5.74) is 4.20. The van der Waals surface area contributed by atoms with Crippen LogP contribution in [-0.4, -0.2) is 51.2 Å². The van der Waals surface area contributed by atoms with Crippen LogP contribution in [0, 0.1) is 6.92 Å². The third-order valence-corrected chi connectivity index (χ3v) is 8.74. The van der Waals surface area contributed by atoms with Crippen molar-refractivity contribution in [3.05, 3.63) is 119 Å². The Morgan fingerprint density at radius 1 is 0.622 bits per heavy atom. The fraction of sp³-hybridized carbons (Fsp3) is 0.172. The summed E-state index contributed by atoms with van der Waals surface area (Å²) in [6.45, 7) is 1.84. The summed E-state index contributed by atoms with van der Waals surface area (Å²) in [7, 11) is 1.10. The summed E-state index contributed by atoms with van der Waals surface area (Å²) in [5, 5.41) is 0. The van der Waals surface area contributed by atoms with Gasteiger partial charge in [-0.2, -0.15) is 8.42 Å². The van der Waals surface area contributed by atoms with E-state index >= 15 is 0 Å². The van der Waals surface area contributed by atoms with Crippen LogP contribution in [-0.2, 0) is 14.3 Å². The van der Waals surface area contributed by atoms with Crippen molar-refractivity contribution in [1.82, 2.24) is 0 Å². The van der Waals surface area contributed by atoms with Crippen molar-refractivity contribution in [2.24, 2.45) is 0 Å². The van der Waals surface area contributed by atoms with Crippen molar-refractivity contribution >= 4 is 27.0 Å². The Balaban J connectivity index is 0.000000289. The van der Waals surface area contributed by atoms with E-state index in [2.05, 4.69) is 18.2 Å². The van der Waals surface area contributed by atoms with Gasteiger partial charge in [0.25, 0.3) is 10.1 Å². The molecule has 0 aliphatic heterocycles. The summed E-state index contributed by atoms with van der Waals surface area (Å²) in [4.78, 5) is -0.0666. The minimum atomic E-state index is -4.02. The smallest absolute Gasteiger partial charge is 0.282 e. The zero-order chi connectivity index (χ0) is 27.1. The van der Waals surface area contributed by atoms with Gasteiger partial charge >= 0.3 is 163 Å². The largest absolute Gasteiger partial charge is 0.294 e. The second-order valence-electron chi connectivity index (χ2n) is 8.20. The zero-order valence-electron chi connectivity index (χ0n) is 21.2. The van der Waals surface area contributed by atoms with Crippen LogP contribution < -0.4 is 14.2 Å². The predicted octanol–water partition coefficient (Wildman–Crippen LogP) is 4.88. The van der Waals surface area contributed by atoms with Crippen molar-refractivity contribution in [3.8, 4) is 17.2 Å². The molecule has 4 aromatic carbocycles. The van der Waals surface area contributed by atoms with Gasteiger partial charge in [0.2, 0.25) is 0 Å². The molecule has 194 valence electrons. The molecule has 4 rings (SSSR count). The summed E-state index contributed by atoms with van der Waals surface area (Å²) < 4.78 is 46.2. The maximum atomic E-state index is 10.5. The van der Waals surface area contributed by atoms with Crippen LogP contribution in [0.4, 0.5) is 0 Å². The molecule has 0 amide bonds. The summed E-state index contributed by atoms with van der Waals surface area (Å²) in [6.07, 6.45) is 0. The molecule has 0 bridgehead atoms. The summed E-state index contributed by atoms with van der Waals surface area (Å²) in [5.74, 6) is 2.52. The molecule has 0 radical (unpaired) electrons. The van der Waals surface area contributed by atoms with Gasteiger partial charge in [-0.25, -0.2) is 0 Å². The molecule has 0 saturated carbocycles. The molecule has 1 unspecified atom stereocenters. The van der Waals surface area contributed by atoms with E-state index < -0.39 is 14.3 Å². The van der Waals surface area contributed by atoms with E-state index in [1.165, 1.54) is 12.1 Å². The molecule has 37 heavy (non-hydrogen) atoms. The van der Waals surface area contributed by atoms with Crippen LogP contribution in [0.3, 0.4) is 0 Å². The molecule has 8 heteroatoms. The number of para-hydroxylation sites is 3. The maximum absolute atomic E-state index is 10.5. The molecule has 0 aromatic heterocycles. The number of ether oxygens (including phenoxy) is 3. The van der Waals surface area contributed by atoms with E-state index in [0.717, 1.165) is 39.5 Å². The number of aryl methyl sites for hydroxylation is 1. The maximum Gasteiger partial charge on any atom is 0.294 e. The number of rotatable bonds is 7. The average molecular weight is 583 g/mol. The first-order valence-electron chi connectivity index (χ1n) is 11.4. The van der Waals surface area contributed by atoms with Crippen molar-refractivity contribution in [2.45, 2.75) is 16.0 Å². The van der Waals surface area contributed by atoms with Gasteiger partial charge < -0.3 is 0 Å². The average Bonchev–Trinajstić information content (AvgIpc) is 2.92. The first kappa shape index (κ1) is 28.3. The second-order valence-corrected chi connectivity index (χ2v) is 11.4. The first-order valence-corrected chi connectivity index (χ1v) is 14.1. The molecular formula is C29H31AsO6S. The van der Waals surface area contributed by atoms with Gasteiger partial charge in [-0.3, -0.25) is 4.55 Å². The van der Waals surface area contributed by atoms with Crippen LogP contribution in [0.1, 0.15) is 22.3 Å². The van der Waals surface area contributed by atoms with Gasteiger partial charge in [-0.1, -0.05) is 17.7 Å². The van der Waals surface area contributed by atoms with Gasteiger partial charge in [-0.15, -0.1) is 0 Å². The third kappa shape index (κ3) is 6.36. The van der Waals surface area contributed by atoms with E-state index in [1.54, 1.807) is 50.3 Å². The Labute approximate surface area is 227 Å². The third-order valence-electron chi connectivity index (χ3n) is 5.91. The fourth-order valence-electron chi connectivity index (χ4n) is 4.06. The molecule has 6 nitrogen and oxygen atoms in total. The number of hydrogen-bond acceptors (Lipinski definition) is 5. The Morgan fingerprint density at radius 2 is 0.946 bits per heavy atom. The van der Waals surface area contributed by atoms with E-state index in [4.69, 9.17) is 18.8 Å². The van der Waals surface area contributed by atoms with Crippen molar-refractivity contribution in [3.63, 3.8) is 0 Å². The number of benzene rings is 4. The molecule has 0 aliphatic carbocycles. The fourth-order valence-corrected chi connectivity index (χ4v) is 6.04. The summed E-state index contributed by atoms with van der Waals surface area (Å²) >= 11 is 1.56. The van der Waals surface area contributed by atoms with E-state index in [9.17, 15) is 8.42 Å². The second kappa shape index (κ2) is 12.3. The van der Waals surface area contributed by atoms with E-state index in [-0.39, 0.29) is 4.90 Å². The van der Waals surface area contributed by atoms with Crippen LogP contribution in [0.2, 0.25) is 0 Å². The Kier molecular flexibility index (Phi) is 9.44. The van der Waals surface area contributed by atoms with E-state index in [1.807, 2.05) is 61.5 Å². The molecule has 0 heterocycles. The zero-order valence-corrected chi connectivity index (χ0v) is 24.5. The van der Waals surface area contributed by atoms with Gasteiger partial charge in [-0.05, 0) is 19.1 Å². The first-order chi connectivity index (χ1) is 17.7. The molecule has 0 spiro atoms. The van der Waals surface area contributed by atoms with Gasteiger partial charge in [0, 0.05) is 0 Å². The molecule has 1 atom stereocenters. The molecular weight excluding hydrogens is 551 g/mol. The van der Waals surface area contributed by atoms with Crippen molar-refractivity contribution in [2.75, 3.05) is 21.3 Å². The van der Waals surface area contributed by atoms with Gasteiger partial charge in [0.1, 0.15) is 0 Å². The molecule has 0 fully saturated rings. The normalized spacial score (nSPS) is 11.2. The quantitative estimate of drug-likeness (QED) is 0.190. The SMILES string of the molecule is COc1ccccc1C([AsH2])(c1ccccc1OC)c1ccccc1OC.Cc1ccc(S(=O)(=O)O)cc1. The Morgan fingerprint density at radius 3 is 1.24 bits per heavy atom. The topological polar surface area (TPSA) is 82.1 Å². The van der Waals surface area contributed by atoms with Crippen molar-refractivity contribution in [1.29, 1.82) is 0 Å². The molecule has 4 aromatic rings. The van der Waals surface area contributed by atoms with Gasteiger partial charge in [0.15, 0.2) is 0 Å². The number of hydrogen-bond donors (Lipinski definition) is 1. The van der Waals surface area contributed by atoms with Crippen LogP contribution in [0.15, 0.2) is 102 Å². The molecule has 0 aliphatic rings. The Hall–Kier alpha value is -3.25. The van der Waals surface area contributed by atoms with Crippen LogP contribution in [0.5, 0.6) is 17.2 Å². The van der Waals surface area contributed by atoms with E-state index in [0.29, 0.717) is 0 Å². The standard InChI is InChI=1S/C22H23AsO3.C7H8O3S/c1-24-19-13-7-4-10-16(19)22(23,17-11-5-8-14-20(17)25-2)18-12-6-9-15-21(18)26-3;1-6-2-4-7(5-3-6)11(8,9)10/h4-15H,23H2,1-3H3;2-5H,1H3,(H,8,9,10). The molecule has 0 saturated heterocycles.